The summed E-state index contributed by atoms with van der Waals surface area (Å²) >= 11 is 3.18. The Morgan fingerprint density at radius 3 is 2.57 bits per heavy atom. The van der Waals surface area contributed by atoms with Crippen LogP contribution in [0.2, 0.25) is 0 Å². The zero-order chi connectivity index (χ0) is 14.5. The molecule has 0 bridgehead atoms. The fraction of sp³-hybridized carbons (Fsp3) is 0.125. The minimum atomic E-state index is 0.0492. The van der Waals surface area contributed by atoms with E-state index in [0.717, 1.165) is 16.8 Å². The molecule has 0 radical (unpaired) electrons. The standard InChI is InChI=1S/C16H14N2OS2/c19-16(14-5-8-21-12-14)18(9-13-4-7-20-11-13)10-15-3-1-2-6-17-15/h1-8,11-12H,9-10H2. The van der Waals surface area contributed by atoms with E-state index in [-0.39, 0.29) is 5.91 Å². The quantitative estimate of drug-likeness (QED) is 0.712. The van der Waals surface area contributed by atoms with Crippen molar-refractivity contribution in [2.75, 3.05) is 0 Å². The molecular formula is C16H14N2OS2. The van der Waals surface area contributed by atoms with Crippen LogP contribution in [0, 0.1) is 0 Å². The average molecular weight is 314 g/mol. The summed E-state index contributed by atoms with van der Waals surface area (Å²) in [6.07, 6.45) is 1.76. The van der Waals surface area contributed by atoms with E-state index in [9.17, 15) is 4.79 Å². The Balaban J connectivity index is 1.82. The van der Waals surface area contributed by atoms with Gasteiger partial charge in [-0.1, -0.05) is 6.07 Å². The fourth-order valence-corrected chi connectivity index (χ4v) is 3.35. The van der Waals surface area contributed by atoms with E-state index in [1.807, 2.05) is 45.3 Å². The molecular weight excluding hydrogens is 300 g/mol. The van der Waals surface area contributed by atoms with E-state index >= 15 is 0 Å². The van der Waals surface area contributed by atoms with Gasteiger partial charge in [0.05, 0.1) is 17.8 Å². The van der Waals surface area contributed by atoms with Crippen LogP contribution in [0.15, 0.2) is 58.0 Å². The SMILES string of the molecule is O=C(c1ccsc1)N(Cc1ccsc1)Cc1ccccn1. The lowest BCUT2D eigenvalue weighted by molar-refractivity contribution is 0.0728. The van der Waals surface area contributed by atoms with E-state index < -0.39 is 0 Å². The molecule has 0 saturated heterocycles. The molecule has 1 amide bonds. The average Bonchev–Trinajstić information content (AvgIpc) is 3.20. The van der Waals surface area contributed by atoms with Crippen molar-refractivity contribution in [2.45, 2.75) is 13.1 Å². The first-order chi connectivity index (χ1) is 10.3. The van der Waals surface area contributed by atoms with Crippen LogP contribution in [0.1, 0.15) is 21.6 Å². The van der Waals surface area contributed by atoms with E-state index in [2.05, 4.69) is 16.4 Å². The maximum atomic E-state index is 12.6. The lowest BCUT2D eigenvalue weighted by Crippen LogP contribution is -2.30. The van der Waals surface area contributed by atoms with Crippen LogP contribution < -0.4 is 0 Å². The number of rotatable bonds is 5. The summed E-state index contributed by atoms with van der Waals surface area (Å²) in [6, 6.07) is 9.69. The molecule has 0 aliphatic rings. The number of hydrogen-bond acceptors (Lipinski definition) is 4. The topological polar surface area (TPSA) is 33.2 Å². The number of carbonyl (C=O) groups is 1. The number of hydrogen-bond donors (Lipinski definition) is 0. The first-order valence-corrected chi connectivity index (χ1v) is 8.44. The molecule has 5 heteroatoms. The van der Waals surface area contributed by atoms with Crippen LogP contribution in [0.5, 0.6) is 0 Å². The van der Waals surface area contributed by atoms with E-state index in [4.69, 9.17) is 0 Å². The minimum absolute atomic E-state index is 0.0492. The monoisotopic (exact) mass is 314 g/mol. The molecule has 0 aliphatic carbocycles. The van der Waals surface area contributed by atoms with E-state index in [1.165, 1.54) is 11.3 Å². The highest BCUT2D eigenvalue weighted by atomic mass is 32.1. The molecule has 0 unspecified atom stereocenters. The zero-order valence-electron chi connectivity index (χ0n) is 11.3. The van der Waals surface area contributed by atoms with Crippen molar-refractivity contribution in [3.63, 3.8) is 0 Å². The molecule has 0 aliphatic heterocycles. The van der Waals surface area contributed by atoms with Crippen molar-refractivity contribution in [1.29, 1.82) is 0 Å². The third-order valence-electron chi connectivity index (χ3n) is 3.09. The predicted octanol–water partition coefficient (Wildman–Crippen LogP) is 4.05. The molecule has 0 saturated carbocycles. The second-order valence-corrected chi connectivity index (χ2v) is 6.19. The maximum absolute atomic E-state index is 12.6. The number of carbonyl (C=O) groups excluding carboxylic acids is 1. The van der Waals surface area contributed by atoms with Gasteiger partial charge in [0, 0.05) is 18.1 Å². The van der Waals surface area contributed by atoms with Gasteiger partial charge in [-0.05, 0) is 46.0 Å². The van der Waals surface area contributed by atoms with Gasteiger partial charge in [0.2, 0.25) is 0 Å². The Morgan fingerprint density at radius 2 is 1.90 bits per heavy atom. The van der Waals surface area contributed by atoms with Crippen LogP contribution in [0.4, 0.5) is 0 Å². The van der Waals surface area contributed by atoms with E-state index in [1.54, 1.807) is 17.5 Å². The Hall–Kier alpha value is -1.98. The molecule has 21 heavy (non-hydrogen) atoms. The summed E-state index contributed by atoms with van der Waals surface area (Å²) < 4.78 is 0. The number of pyridine rings is 1. The lowest BCUT2D eigenvalue weighted by Gasteiger charge is -2.21. The predicted molar refractivity (Wildman–Crippen MR) is 86.5 cm³/mol. The highest BCUT2D eigenvalue weighted by Crippen LogP contribution is 2.16. The van der Waals surface area contributed by atoms with Crippen LogP contribution >= 0.6 is 22.7 Å². The number of amides is 1. The van der Waals surface area contributed by atoms with Crippen molar-refractivity contribution in [2.24, 2.45) is 0 Å². The smallest absolute Gasteiger partial charge is 0.255 e. The number of aromatic nitrogens is 1. The van der Waals surface area contributed by atoms with Gasteiger partial charge in [0.1, 0.15) is 0 Å². The summed E-state index contributed by atoms with van der Waals surface area (Å²) in [5, 5.41) is 7.92. The molecule has 3 rings (SSSR count). The van der Waals surface area contributed by atoms with Crippen LogP contribution in [-0.2, 0) is 13.1 Å². The summed E-state index contributed by atoms with van der Waals surface area (Å²) in [5.74, 6) is 0.0492. The molecule has 3 aromatic heterocycles. The third kappa shape index (κ3) is 3.56. The van der Waals surface area contributed by atoms with Gasteiger partial charge in [-0.3, -0.25) is 9.78 Å². The zero-order valence-corrected chi connectivity index (χ0v) is 12.9. The van der Waals surface area contributed by atoms with E-state index in [0.29, 0.717) is 13.1 Å². The Kier molecular flexibility index (Phi) is 4.43. The highest BCUT2D eigenvalue weighted by molar-refractivity contribution is 7.08. The molecule has 3 nitrogen and oxygen atoms in total. The van der Waals surface area contributed by atoms with Gasteiger partial charge < -0.3 is 4.90 Å². The first-order valence-electron chi connectivity index (χ1n) is 6.55. The summed E-state index contributed by atoms with van der Waals surface area (Å²) in [6.45, 7) is 1.13. The summed E-state index contributed by atoms with van der Waals surface area (Å²) in [5.41, 5.74) is 2.79. The molecule has 0 spiro atoms. The van der Waals surface area contributed by atoms with Gasteiger partial charge in [-0.25, -0.2) is 0 Å². The molecule has 3 aromatic rings. The molecule has 0 N–H and O–H groups in total. The van der Waals surface area contributed by atoms with Gasteiger partial charge in [0.25, 0.3) is 5.91 Å². The number of nitrogens with zero attached hydrogens (tertiary/aromatic N) is 2. The van der Waals surface area contributed by atoms with Crippen molar-refractivity contribution < 1.29 is 4.79 Å². The molecule has 0 aromatic carbocycles. The fourth-order valence-electron chi connectivity index (χ4n) is 2.06. The Morgan fingerprint density at radius 1 is 1.05 bits per heavy atom. The first kappa shape index (κ1) is 14.0. The largest absolute Gasteiger partial charge is 0.328 e. The van der Waals surface area contributed by atoms with Crippen LogP contribution in [0.3, 0.4) is 0 Å². The second-order valence-electron chi connectivity index (χ2n) is 4.63. The minimum Gasteiger partial charge on any atom is -0.328 e. The molecule has 106 valence electrons. The van der Waals surface area contributed by atoms with Crippen LogP contribution in [0.25, 0.3) is 0 Å². The normalized spacial score (nSPS) is 10.5. The van der Waals surface area contributed by atoms with Gasteiger partial charge in [0.15, 0.2) is 0 Å². The van der Waals surface area contributed by atoms with Crippen molar-refractivity contribution in [3.8, 4) is 0 Å². The molecule has 0 fully saturated rings. The Bertz CT molecular complexity index is 678. The highest BCUT2D eigenvalue weighted by Gasteiger charge is 2.17. The van der Waals surface area contributed by atoms with Gasteiger partial charge in [-0.15, -0.1) is 0 Å². The second kappa shape index (κ2) is 6.65. The van der Waals surface area contributed by atoms with Crippen molar-refractivity contribution in [1.82, 2.24) is 9.88 Å². The number of thiophene rings is 2. The van der Waals surface area contributed by atoms with Gasteiger partial charge >= 0.3 is 0 Å². The Labute approximate surface area is 131 Å². The molecule has 3 heterocycles. The summed E-state index contributed by atoms with van der Waals surface area (Å²) in [4.78, 5) is 18.8. The summed E-state index contributed by atoms with van der Waals surface area (Å²) in [7, 11) is 0. The van der Waals surface area contributed by atoms with Crippen molar-refractivity contribution in [3.05, 3.63) is 74.9 Å². The third-order valence-corrected chi connectivity index (χ3v) is 4.50. The van der Waals surface area contributed by atoms with Crippen molar-refractivity contribution >= 4 is 28.6 Å². The van der Waals surface area contributed by atoms with Gasteiger partial charge in [-0.2, -0.15) is 22.7 Å². The van der Waals surface area contributed by atoms with Crippen LogP contribution in [-0.4, -0.2) is 15.8 Å². The molecule has 0 atom stereocenters. The maximum Gasteiger partial charge on any atom is 0.255 e. The lowest BCUT2D eigenvalue weighted by atomic mass is 10.2.